The smallest absolute Gasteiger partial charge is 0.246 e. The van der Waals surface area contributed by atoms with Crippen molar-refractivity contribution in [3.8, 4) is 10.7 Å². The Morgan fingerprint density at radius 2 is 1.86 bits per heavy atom. The predicted octanol–water partition coefficient (Wildman–Crippen LogP) is 5.58. The maximum absolute atomic E-state index is 5.36. The quantitative estimate of drug-likeness (QED) is 0.289. The van der Waals surface area contributed by atoms with Gasteiger partial charge in [0, 0.05) is 16.3 Å². The Balaban J connectivity index is 1.24. The van der Waals surface area contributed by atoms with Crippen LogP contribution in [0.4, 0.5) is 5.69 Å². The number of aromatic nitrogens is 2. The van der Waals surface area contributed by atoms with Crippen LogP contribution in [0.1, 0.15) is 11.5 Å². The highest BCUT2D eigenvalue weighted by Gasteiger charge is 2.09. The normalized spacial score (nSPS) is 10.6. The van der Waals surface area contributed by atoms with Crippen molar-refractivity contribution in [3.63, 3.8) is 0 Å². The molecule has 0 fully saturated rings. The average molecular weight is 439 g/mol. The maximum atomic E-state index is 5.36. The number of thiophene rings is 1. The van der Waals surface area contributed by atoms with Crippen LogP contribution in [-0.2, 0) is 12.3 Å². The predicted molar refractivity (Wildman–Crippen MR) is 123 cm³/mol. The van der Waals surface area contributed by atoms with E-state index in [0.717, 1.165) is 16.3 Å². The second-order valence-corrected chi connectivity index (χ2v) is 8.50. The van der Waals surface area contributed by atoms with E-state index in [-0.39, 0.29) is 0 Å². The Morgan fingerprint density at radius 1 is 1.03 bits per heavy atom. The minimum absolute atomic E-state index is 0.371. The van der Waals surface area contributed by atoms with Crippen molar-refractivity contribution in [2.45, 2.75) is 17.2 Å². The molecule has 4 aromatic rings. The summed E-state index contributed by atoms with van der Waals surface area (Å²) in [5.41, 5.74) is 2.19. The molecule has 0 aliphatic rings. The van der Waals surface area contributed by atoms with Crippen LogP contribution < -0.4 is 10.6 Å². The highest BCUT2D eigenvalue weighted by Crippen LogP contribution is 2.23. The third-order valence-electron chi connectivity index (χ3n) is 3.97. The number of anilines is 1. The number of hydrogen-bond acceptors (Lipinski definition) is 6. The molecule has 4 rings (SSSR count). The number of hydrogen-bond donors (Lipinski definition) is 2. The molecule has 0 unspecified atom stereocenters. The molecule has 8 heteroatoms. The summed E-state index contributed by atoms with van der Waals surface area (Å²) in [6.07, 6.45) is 0. The van der Waals surface area contributed by atoms with E-state index in [1.165, 1.54) is 10.5 Å². The largest absolute Gasteiger partial charge is 0.353 e. The van der Waals surface area contributed by atoms with Gasteiger partial charge in [-0.2, -0.15) is 4.98 Å². The summed E-state index contributed by atoms with van der Waals surface area (Å²) in [6.45, 7) is 0.371. The van der Waals surface area contributed by atoms with Crippen molar-refractivity contribution < 1.29 is 4.52 Å². The van der Waals surface area contributed by atoms with E-state index in [1.807, 2.05) is 47.5 Å². The lowest BCUT2D eigenvalue weighted by atomic mass is 10.2. The second-order valence-electron chi connectivity index (χ2n) is 6.10. The zero-order chi connectivity index (χ0) is 19.9. The minimum Gasteiger partial charge on any atom is -0.353 e. The third kappa shape index (κ3) is 5.66. The van der Waals surface area contributed by atoms with E-state index >= 15 is 0 Å². The lowest BCUT2D eigenvalue weighted by Crippen LogP contribution is -2.28. The molecule has 0 spiro atoms. The van der Waals surface area contributed by atoms with Crippen molar-refractivity contribution in [3.05, 3.63) is 83.6 Å². The van der Waals surface area contributed by atoms with Crippen LogP contribution in [0.5, 0.6) is 0 Å². The zero-order valence-corrected chi connectivity index (χ0v) is 17.8. The maximum Gasteiger partial charge on any atom is 0.246 e. The standard InChI is InChI=1S/C21H18N4OS3/c27-21(22-13-19-24-20(25-26-19)18-7-4-12-28-18)23-16-10-8-15(9-11-16)14-29-17-5-2-1-3-6-17/h1-12H,13-14H2,(H2,22,23,27). The molecule has 2 heterocycles. The summed E-state index contributed by atoms with van der Waals surface area (Å²) < 4.78 is 5.26. The fourth-order valence-electron chi connectivity index (χ4n) is 2.53. The molecule has 0 saturated heterocycles. The lowest BCUT2D eigenvalue weighted by Gasteiger charge is -2.09. The van der Waals surface area contributed by atoms with Gasteiger partial charge in [-0.15, -0.1) is 23.1 Å². The fourth-order valence-corrected chi connectivity index (χ4v) is 4.25. The van der Waals surface area contributed by atoms with Crippen molar-refractivity contribution in [2.24, 2.45) is 0 Å². The monoisotopic (exact) mass is 438 g/mol. The first-order chi connectivity index (χ1) is 14.3. The molecule has 0 aliphatic carbocycles. The van der Waals surface area contributed by atoms with Crippen LogP contribution in [0, 0.1) is 0 Å². The van der Waals surface area contributed by atoms with E-state index in [4.69, 9.17) is 16.7 Å². The van der Waals surface area contributed by atoms with Crippen LogP contribution in [0.3, 0.4) is 0 Å². The molecule has 29 heavy (non-hydrogen) atoms. The second kappa shape index (κ2) is 9.69. The number of nitrogens with one attached hydrogen (secondary N) is 2. The number of benzene rings is 2. The van der Waals surface area contributed by atoms with Gasteiger partial charge in [-0.3, -0.25) is 0 Å². The molecule has 146 valence electrons. The van der Waals surface area contributed by atoms with Gasteiger partial charge in [-0.05, 0) is 53.5 Å². The molecule has 2 aromatic carbocycles. The van der Waals surface area contributed by atoms with Gasteiger partial charge in [0.15, 0.2) is 5.11 Å². The number of rotatable bonds is 7. The van der Waals surface area contributed by atoms with Crippen LogP contribution >= 0.6 is 35.3 Å². The van der Waals surface area contributed by atoms with Gasteiger partial charge in [0.25, 0.3) is 0 Å². The van der Waals surface area contributed by atoms with Gasteiger partial charge in [0.2, 0.25) is 11.7 Å². The van der Waals surface area contributed by atoms with E-state index < -0.39 is 0 Å². The molecule has 2 N–H and O–H groups in total. The summed E-state index contributed by atoms with van der Waals surface area (Å²) in [5, 5.41) is 12.7. The molecule has 0 bridgehead atoms. The summed E-state index contributed by atoms with van der Waals surface area (Å²) in [7, 11) is 0. The summed E-state index contributed by atoms with van der Waals surface area (Å²) in [6, 6.07) is 22.6. The van der Waals surface area contributed by atoms with Crippen LogP contribution in [-0.4, -0.2) is 15.3 Å². The van der Waals surface area contributed by atoms with Gasteiger partial charge in [-0.1, -0.05) is 41.6 Å². The Hall–Kier alpha value is -2.68. The SMILES string of the molecule is S=C(NCc1nc(-c2cccs2)no1)Nc1ccc(CSc2ccccc2)cc1. The van der Waals surface area contributed by atoms with Crippen molar-refractivity contribution in [1.29, 1.82) is 0 Å². The molecule has 0 amide bonds. The lowest BCUT2D eigenvalue weighted by molar-refractivity contribution is 0.376. The summed E-state index contributed by atoms with van der Waals surface area (Å²) >= 11 is 8.75. The Labute approximate surface area is 182 Å². The van der Waals surface area contributed by atoms with E-state index in [2.05, 4.69) is 57.2 Å². The summed E-state index contributed by atoms with van der Waals surface area (Å²) in [5.74, 6) is 2.02. The first kappa shape index (κ1) is 19.6. The zero-order valence-electron chi connectivity index (χ0n) is 15.4. The van der Waals surface area contributed by atoms with E-state index in [1.54, 1.807) is 11.3 Å². The number of thioether (sulfide) groups is 1. The molecule has 0 atom stereocenters. The van der Waals surface area contributed by atoms with Gasteiger partial charge in [0.05, 0.1) is 11.4 Å². The molecule has 0 radical (unpaired) electrons. The first-order valence-corrected chi connectivity index (χ1v) is 11.2. The van der Waals surface area contributed by atoms with E-state index in [0.29, 0.717) is 23.4 Å². The first-order valence-electron chi connectivity index (χ1n) is 8.94. The van der Waals surface area contributed by atoms with Crippen LogP contribution in [0.15, 0.2) is 81.5 Å². The summed E-state index contributed by atoms with van der Waals surface area (Å²) in [4.78, 5) is 6.61. The van der Waals surface area contributed by atoms with E-state index in [9.17, 15) is 0 Å². The van der Waals surface area contributed by atoms with Crippen LogP contribution in [0.25, 0.3) is 10.7 Å². The molecule has 0 aliphatic heterocycles. The van der Waals surface area contributed by atoms with Crippen LogP contribution in [0.2, 0.25) is 0 Å². The third-order valence-corrected chi connectivity index (χ3v) is 6.17. The van der Waals surface area contributed by atoms with Gasteiger partial charge < -0.3 is 15.2 Å². The number of nitrogens with zero attached hydrogens (tertiary/aromatic N) is 2. The molecule has 2 aromatic heterocycles. The molecular weight excluding hydrogens is 420 g/mol. The highest BCUT2D eigenvalue weighted by molar-refractivity contribution is 7.98. The molecule has 0 saturated carbocycles. The Morgan fingerprint density at radius 3 is 2.62 bits per heavy atom. The highest BCUT2D eigenvalue weighted by atomic mass is 32.2. The Bertz CT molecular complexity index is 1050. The average Bonchev–Trinajstić information content (AvgIpc) is 3.44. The number of thiocarbonyl (C=S) groups is 1. The topological polar surface area (TPSA) is 63.0 Å². The van der Waals surface area contributed by atoms with Crippen molar-refractivity contribution in [1.82, 2.24) is 15.5 Å². The fraction of sp³-hybridized carbons (Fsp3) is 0.0952. The van der Waals surface area contributed by atoms with Crippen molar-refractivity contribution >= 4 is 46.1 Å². The van der Waals surface area contributed by atoms with Crippen molar-refractivity contribution in [2.75, 3.05) is 5.32 Å². The van der Waals surface area contributed by atoms with Gasteiger partial charge >= 0.3 is 0 Å². The van der Waals surface area contributed by atoms with Gasteiger partial charge in [-0.25, -0.2) is 0 Å². The van der Waals surface area contributed by atoms with Gasteiger partial charge in [0.1, 0.15) is 0 Å². The molecular formula is C21H18N4OS3. The Kier molecular flexibility index (Phi) is 6.56. The molecule has 5 nitrogen and oxygen atoms in total. The minimum atomic E-state index is 0.371.